The summed E-state index contributed by atoms with van der Waals surface area (Å²) < 4.78 is 41.1. The van der Waals surface area contributed by atoms with E-state index < -0.39 is 20.7 Å². The average Bonchev–Trinajstić information content (AvgIpc) is 2.37. The van der Waals surface area contributed by atoms with Crippen LogP contribution in [0.2, 0.25) is 5.02 Å². The summed E-state index contributed by atoms with van der Waals surface area (Å²) in [7, 11) is -4.01. The number of hydrogen-bond acceptors (Lipinski definition) is 3. The van der Waals surface area contributed by atoms with Crippen molar-refractivity contribution in [1.82, 2.24) is 4.72 Å². The fourth-order valence-corrected chi connectivity index (χ4v) is 3.72. The summed E-state index contributed by atoms with van der Waals surface area (Å²) in [5.41, 5.74) is 5.19. The highest BCUT2D eigenvalue weighted by atomic mass is 79.9. The van der Waals surface area contributed by atoms with Crippen LogP contribution in [-0.4, -0.2) is 14.5 Å². The Bertz CT molecular complexity index is 623. The first kappa shape index (κ1) is 18.7. The van der Waals surface area contributed by atoms with Crippen LogP contribution < -0.4 is 10.5 Å². The van der Waals surface area contributed by atoms with Gasteiger partial charge in [-0.25, -0.2) is 17.5 Å². The molecule has 0 amide bonds. The molecule has 0 fully saturated rings. The maximum absolute atomic E-state index is 14.1. The summed E-state index contributed by atoms with van der Waals surface area (Å²) in [6.45, 7) is 5.84. The van der Waals surface area contributed by atoms with Crippen LogP contribution >= 0.6 is 27.5 Å². The molecular weight excluding hydrogens is 383 g/mol. The Hall–Kier alpha value is -0.370. The topological polar surface area (TPSA) is 72.2 Å². The molecule has 1 aromatic carbocycles. The molecule has 0 saturated carbocycles. The van der Waals surface area contributed by atoms with Crippen LogP contribution in [0.25, 0.3) is 0 Å². The molecule has 8 heteroatoms. The molecule has 1 atom stereocenters. The maximum atomic E-state index is 14.1. The van der Waals surface area contributed by atoms with Crippen molar-refractivity contribution in [3.05, 3.63) is 21.4 Å². The minimum absolute atomic E-state index is 0.0455. The molecule has 0 radical (unpaired) electrons. The Morgan fingerprint density at radius 3 is 2.48 bits per heavy atom. The van der Waals surface area contributed by atoms with Gasteiger partial charge in [0.25, 0.3) is 0 Å². The molecule has 4 nitrogen and oxygen atoms in total. The SMILES string of the molecule is CC(C)CCC(C)NS(=O)(=O)c1cc(Cl)c(Br)c(N)c1F. The number of nitrogens with two attached hydrogens (primary N) is 1. The van der Waals surface area contributed by atoms with Crippen LogP contribution in [0.4, 0.5) is 10.1 Å². The van der Waals surface area contributed by atoms with Gasteiger partial charge in [0.05, 0.1) is 15.2 Å². The van der Waals surface area contributed by atoms with Crippen molar-refractivity contribution in [1.29, 1.82) is 0 Å². The minimum atomic E-state index is -4.01. The van der Waals surface area contributed by atoms with Gasteiger partial charge in [0.15, 0.2) is 5.82 Å². The molecule has 0 bridgehead atoms. The van der Waals surface area contributed by atoms with E-state index >= 15 is 0 Å². The lowest BCUT2D eigenvalue weighted by atomic mass is 10.1. The fourth-order valence-electron chi connectivity index (χ4n) is 1.77. The molecular formula is C13H19BrClFN2O2S. The highest BCUT2D eigenvalue weighted by Crippen LogP contribution is 2.34. The van der Waals surface area contributed by atoms with Crippen LogP contribution in [0, 0.1) is 11.7 Å². The standard InChI is InChI=1S/C13H19BrClFN2O2S/c1-7(2)4-5-8(3)18-21(19,20)10-6-9(15)11(14)13(17)12(10)16/h6-8,18H,4-5,17H2,1-3H3. The summed E-state index contributed by atoms with van der Waals surface area (Å²) in [5, 5.41) is 0.0455. The molecule has 0 aromatic heterocycles. The predicted molar refractivity (Wildman–Crippen MR) is 87.4 cm³/mol. The van der Waals surface area contributed by atoms with E-state index in [4.69, 9.17) is 17.3 Å². The summed E-state index contributed by atoms with van der Waals surface area (Å²) in [6.07, 6.45) is 1.54. The van der Waals surface area contributed by atoms with Gasteiger partial charge in [-0.1, -0.05) is 25.4 Å². The van der Waals surface area contributed by atoms with Crippen molar-refractivity contribution in [3.8, 4) is 0 Å². The number of sulfonamides is 1. The second kappa shape index (κ2) is 7.26. The molecule has 1 rings (SSSR count). The van der Waals surface area contributed by atoms with Crippen molar-refractivity contribution in [2.45, 2.75) is 44.6 Å². The summed E-state index contributed by atoms with van der Waals surface area (Å²) in [5.74, 6) is -0.540. The van der Waals surface area contributed by atoms with Gasteiger partial charge < -0.3 is 5.73 Å². The summed E-state index contributed by atoms with van der Waals surface area (Å²) >= 11 is 8.86. The lowest BCUT2D eigenvalue weighted by molar-refractivity contribution is 0.483. The molecule has 0 heterocycles. The summed E-state index contributed by atoms with van der Waals surface area (Å²) in [6, 6.07) is 0.745. The van der Waals surface area contributed by atoms with Gasteiger partial charge in [-0.3, -0.25) is 0 Å². The Balaban J connectivity index is 3.04. The normalized spacial score (nSPS) is 13.7. The van der Waals surface area contributed by atoms with E-state index in [0.717, 1.165) is 12.5 Å². The van der Waals surface area contributed by atoms with E-state index in [0.29, 0.717) is 12.3 Å². The van der Waals surface area contributed by atoms with Crippen molar-refractivity contribution in [3.63, 3.8) is 0 Å². The molecule has 1 unspecified atom stereocenters. The van der Waals surface area contributed by atoms with Gasteiger partial charge >= 0.3 is 0 Å². The monoisotopic (exact) mass is 400 g/mol. The number of nitrogen functional groups attached to an aromatic ring is 1. The fraction of sp³-hybridized carbons (Fsp3) is 0.538. The first-order valence-electron chi connectivity index (χ1n) is 6.51. The summed E-state index contributed by atoms with van der Waals surface area (Å²) in [4.78, 5) is -0.537. The highest BCUT2D eigenvalue weighted by molar-refractivity contribution is 9.10. The Morgan fingerprint density at radius 1 is 1.38 bits per heavy atom. The van der Waals surface area contributed by atoms with Gasteiger partial charge in [0.1, 0.15) is 4.90 Å². The van der Waals surface area contributed by atoms with Crippen molar-refractivity contribution in [2.24, 2.45) is 5.92 Å². The van der Waals surface area contributed by atoms with Crippen molar-refractivity contribution < 1.29 is 12.8 Å². The maximum Gasteiger partial charge on any atom is 0.243 e. The smallest absolute Gasteiger partial charge is 0.243 e. The van der Waals surface area contributed by atoms with Gasteiger partial charge in [-0.2, -0.15) is 0 Å². The van der Waals surface area contributed by atoms with Crippen molar-refractivity contribution >= 4 is 43.2 Å². The zero-order valence-electron chi connectivity index (χ0n) is 12.1. The van der Waals surface area contributed by atoms with Crippen LogP contribution in [-0.2, 0) is 10.0 Å². The zero-order chi connectivity index (χ0) is 16.4. The number of benzene rings is 1. The Labute approximate surface area is 138 Å². The van der Waals surface area contributed by atoms with E-state index in [2.05, 4.69) is 34.5 Å². The second-order valence-electron chi connectivity index (χ2n) is 5.39. The molecule has 3 N–H and O–H groups in total. The molecule has 0 aliphatic carbocycles. The van der Waals surface area contributed by atoms with Gasteiger partial charge in [0, 0.05) is 6.04 Å². The third-order valence-corrected chi connectivity index (χ3v) is 5.95. The zero-order valence-corrected chi connectivity index (χ0v) is 15.2. The van der Waals surface area contributed by atoms with Gasteiger partial charge in [-0.15, -0.1) is 0 Å². The molecule has 0 saturated heterocycles. The number of anilines is 1. The first-order chi connectivity index (χ1) is 9.56. The number of nitrogens with one attached hydrogen (secondary N) is 1. The van der Waals surface area contributed by atoms with E-state index in [1.807, 2.05) is 0 Å². The largest absolute Gasteiger partial charge is 0.395 e. The minimum Gasteiger partial charge on any atom is -0.395 e. The van der Waals surface area contributed by atoms with Gasteiger partial charge in [-0.05, 0) is 47.7 Å². The third-order valence-electron chi connectivity index (χ3n) is 2.98. The molecule has 120 valence electrons. The molecule has 1 aromatic rings. The second-order valence-corrected chi connectivity index (χ2v) is 8.27. The molecule has 0 aliphatic rings. The number of rotatable bonds is 6. The number of halogens is 3. The lowest BCUT2D eigenvalue weighted by Crippen LogP contribution is -2.33. The Kier molecular flexibility index (Phi) is 6.46. The average molecular weight is 402 g/mol. The molecule has 21 heavy (non-hydrogen) atoms. The van der Waals surface area contributed by atoms with E-state index in [-0.39, 0.29) is 21.2 Å². The van der Waals surface area contributed by atoms with E-state index in [9.17, 15) is 12.8 Å². The predicted octanol–water partition coefficient (Wildman–Crippen LogP) is 3.93. The van der Waals surface area contributed by atoms with E-state index in [1.165, 1.54) is 0 Å². The van der Waals surface area contributed by atoms with Crippen molar-refractivity contribution in [2.75, 3.05) is 5.73 Å². The van der Waals surface area contributed by atoms with Crippen LogP contribution in [0.15, 0.2) is 15.4 Å². The lowest BCUT2D eigenvalue weighted by Gasteiger charge is -2.16. The first-order valence-corrected chi connectivity index (χ1v) is 9.17. The third kappa shape index (κ3) is 4.81. The number of hydrogen-bond donors (Lipinski definition) is 2. The molecule has 0 spiro atoms. The van der Waals surface area contributed by atoms with Gasteiger partial charge in [0.2, 0.25) is 10.0 Å². The molecule has 0 aliphatic heterocycles. The highest BCUT2D eigenvalue weighted by Gasteiger charge is 2.25. The van der Waals surface area contributed by atoms with E-state index in [1.54, 1.807) is 6.92 Å². The van der Waals surface area contributed by atoms with Crippen LogP contribution in [0.5, 0.6) is 0 Å². The van der Waals surface area contributed by atoms with Crippen LogP contribution in [0.3, 0.4) is 0 Å². The Morgan fingerprint density at radius 2 is 1.95 bits per heavy atom. The quantitative estimate of drug-likeness (QED) is 0.560. The van der Waals surface area contributed by atoms with Crippen LogP contribution in [0.1, 0.15) is 33.6 Å².